The summed E-state index contributed by atoms with van der Waals surface area (Å²) in [4.78, 5) is 28.2. The Balaban J connectivity index is 1.68. The minimum atomic E-state index is -0.463. The van der Waals surface area contributed by atoms with Crippen molar-refractivity contribution >= 4 is 23.4 Å². The summed E-state index contributed by atoms with van der Waals surface area (Å²) in [5.74, 6) is 0.545. The van der Waals surface area contributed by atoms with Gasteiger partial charge in [0.25, 0.3) is 5.91 Å². The maximum absolute atomic E-state index is 12.4. The Bertz CT molecular complexity index is 907. The van der Waals surface area contributed by atoms with Crippen molar-refractivity contribution in [1.82, 2.24) is 4.98 Å². The highest BCUT2D eigenvalue weighted by Gasteiger charge is 2.10. The summed E-state index contributed by atoms with van der Waals surface area (Å²) >= 11 is 0. The molecule has 0 fully saturated rings. The topological polar surface area (TPSA) is 93.5 Å². The van der Waals surface area contributed by atoms with Gasteiger partial charge in [0, 0.05) is 17.4 Å². The Morgan fingerprint density at radius 3 is 2.77 bits per heavy atom. The number of anilines is 2. The smallest absolute Gasteiger partial charge is 0.337 e. The maximum atomic E-state index is 12.4. The van der Waals surface area contributed by atoms with E-state index in [0.29, 0.717) is 29.2 Å². The monoisotopic (exact) mass is 351 g/mol. The predicted octanol–water partition coefficient (Wildman–Crippen LogP) is 3.33. The summed E-state index contributed by atoms with van der Waals surface area (Å²) in [5.41, 5.74) is 1.30. The van der Waals surface area contributed by atoms with Crippen LogP contribution < -0.4 is 10.6 Å². The standard InChI is InChI=1S/C19H17N3O4/c1-25-19(24)14-4-2-5-15(10-14)22-18(23)13-7-8-20-17(11-13)21-12-16-6-3-9-26-16/h2-11H,12H2,1H3,(H,20,21)(H,22,23). The van der Waals surface area contributed by atoms with E-state index in [4.69, 9.17) is 4.42 Å². The van der Waals surface area contributed by atoms with Crippen LogP contribution in [0.5, 0.6) is 0 Å². The second-order valence-electron chi connectivity index (χ2n) is 5.39. The molecule has 26 heavy (non-hydrogen) atoms. The van der Waals surface area contributed by atoms with Crippen LogP contribution in [0.3, 0.4) is 0 Å². The fraction of sp³-hybridized carbons (Fsp3) is 0.105. The molecule has 0 aliphatic rings. The number of methoxy groups -OCH3 is 1. The van der Waals surface area contributed by atoms with Crippen LogP contribution in [0.15, 0.2) is 65.4 Å². The van der Waals surface area contributed by atoms with Crippen LogP contribution >= 0.6 is 0 Å². The van der Waals surface area contributed by atoms with E-state index in [1.165, 1.54) is 7.11 Å². The SMILES string of the molecule is COC(=O)c1cccc(NC(=O)c2ccnc(NCc3ccco3)c2)c1. The third-order valence-electron chi connectivity index (χ3n) is 3.59. The Kier molecular flexibility index (Phi) is 5.28. The Morgan fingerprint density at radius 1 is 1.12 bits per heavy atom. The van der Waals surface area contributed by atoms with Crippen molar-refractivity contribution in [3.05, 3.63) is 77.9 Å². The number of carbonyl (C=O) groups excluding carboxylic acids is 2. The van der Waals surface area contributed by atoms with Crippen molar-refractivity contribution in [1.29, 1.82) is 0 Å². The molecule has 0 saturated carbocycles. The van der Waals surface area contributed by atoms with Crippen LogP contribution in [0.1, 0.15) is 26.5 Å². The number of benzene rings is 1. The summed E-state index contributed by atoms with van der Waals surface area (Å²) in [6, 6.07) is 13.4. The Morgan fingerprint density at radius 2 is 2.00 bits per heavy atom. The fourth-order valence-electron chi connectivity index (χ4n) is 2.30. The first-order valence-electron chi connectivity index (χ1n) is 7.88. The van der Waals surface area contributed by atoms with Gasteiger partial charge in [-0.05, 0) is 42.5 Å². The summed E-state index contributed by atoms with van der Waals surface area (Å²) in [7, 11) is 1.31. The van der Waals surface area contributed by atoms with Crippen molar-refractivity contribution < 1.29 is 18.7 Å². The zero-order valence-electron chi connectivity index (χ0n) is 14.1. The number of pyridine rings is 1. The van der Waals surface area contributed by atoms with Crippen LogP contribution in [0, 0.1) is 0 Å². The van der Waals surface area contributed by atoms with Gasteiger partial charge >= 0.3 is 5.97 Å². The van der Waals surface area contributed by atoms with Gasteiger partial charge in [-0.2, -0.15) is 0 Å². The van der Waals surface area contributed by atoms with Gasteiger partial charge in [-0.25, -0.2) is 9.78 Å². The molecule has 0 bridgehead atoms. The third kappa shape index (κ3) is 4.27. The first kappa shape index (κ1) is 17.2. The molecule has 0 saturated heterocycles. The van der Waals surface area contributed by atoms with Gasteiger partial charge in [0.05, 0.1) is 25.5 Å². The molecular formula is C19H17N3O4. The molecule has 1 amide bonds. The largest absolute Gasteiger partial charge is 0.467 e. The third-order valence-corrected chi connectivity index (χ3v) is 3.59. The molecule has 3 aromatic rings. The molecule has 1 aromatic carbocycles. The van der Waals surface area contributed by atoms with Crippen molar-refractivity contribution in [2.75, 3.05) is 17.7 Å². The van der Waals surface area contributed by atoms with Gasteiger partial charge in [-0.3, -0.25) is 4.79 Å². The first-order valence-corrected chi connectivity index (χ1v) is 7.88. The molecule has 2 heterocycles. The van der Waals surface area contributed by atoms with E-state index in [2.05, 4.69) is 20.4 Å². The molecule has 2 aromatic heterocycles. The van der Waals surface area contributed by atoms with Gasteiger partial charge < -0.3 is 19.8 Å². The highest BCUT2D eigenvalue weighted by atomic mass is 16.5. The minimum absolute atomic E-state index is 0.310. The molecule has 7 heteroatoms. The summed E-state index contributed by atoms with van der Waals surface area (Å²) in [5, 5.41) is 5.85. The van der Waals surface area contributed by atoms with Gasteiger partial charge in [0.2, 0.25) is 0 Å². The van der Waals surface area contributed by atoms with E-state index in [-0.39, 0.29) is 5.91 Å². The van der Waals surface area contributed by atoms with Gasteiger partial charge in [0.15, 0.2) is 0 Å². The maximum Gasteiger partial charge on any atom is 0.337 e. The number of hydrogen-bond acceptors (Lipinski definition) is 6. The molecule has 0 atom stereocenters. The number of aromatic nitrogens is 1. The van der Waals surface area contributed by atoms with Crippen molar-refractivity contribution in [2.24, 2.45) is 0 Å². The van der Waals surface area contributed by atoms with Gasteiger partial charge in [0.1, 0.15) is 11.6 Å². The van der Waals surface area contributed by atoms with E-state index < -0.39 is 5.97 Å². The number of carbonyl (C=O) groups is 2. The van der Waals surface area contributed by atoms with E-state index >= 15 is 0 Å². The number of amides is 1. The lowest BCUT2D eigenvalue weighted by molar-refractivity contribution is 0.0600. The summed E-state index contributed by atoms with van der Waals surface area (Å²) in [6.07, 6.45) is 3.14. The van der Waals surface area contributed by atoms with Crippen molar-refractivity contribution in [2.45, 2.75) is 6.54 Å². The molecule has 3 rings (SSSR count). The number of ether oxygens (including phenoxy) is 1. The molecule has 0 unspecified atom stereocenters. The number of nitrogens with zero attached hydrogens (tertiary/aromatic N) is 1. The molecule has 0 radical (unpaired) electrons. The summed E-state index contributed by atoms with van der Waals surface area (Å²) in [6.45, 7) is 0.465. The number of hydrogen-bond donors (Lipinski definition) is 2. The van der Waals surface area contributed by atoms with E-state index in [1.54, 1.807) is 54.9 Å². The lowest BCUT2D eigenvalue weighted by Gasteiger charge is -2.08. The molecule has 0 aliphatic heterocycles. The van der Waals surface area contributed by atoms with Crippen LogP contribution in [0.4, 0.5) is 11.5 Å². The predicted molar refractivity (Wildman–Crippen MR) is 96.0 cm³/mol. The number of rotatable bonds is 6. The number of furan rings is 1. The van der Waals surface area contributed by atoms with E-state index in [0.717, 1.165) is 5.76 Å². The van der Waals surface area contributed by atoms with Crippen molar-refractivity contribution in [3.63, 3.8) is 0 Å². The quantitative estimate of drug-likeness (QED) is 0.662. The molecule has 2 N–H and O–H groups in total. The molecule has 0 aliphatic carbocycles. The van der Waals surface area contributed by atoms with E-state index in [1.807, 2.05) is 6.07 Å². The lowest BCUT2D eigenvalue weighted by atomic mass is 10.2. The van der Waals surface area contributed by atoms with E-state index in [9.17, 15) is 9.59 Å². The van der Waals surface area contributed by atoms with Crippen LogP contribution in [-0.4, -0.2) is 24.0 Å². The highest BCUT2D eigenvalue weighted by Crippen LogP contribution is 2.15. The first-order chi connectivity index (χ1) is 12.7. The average Bonchev–Trinajstić information content (AvgIpc) is 3.20. The van der Waals surface area contributed by atoms with Crippen LogP contribution in [-0.2, 0) is 11.3 Å². The number of nitrogens with one attached hydrogen (secondary N) is 2. The fourth-order valence-corrected chi connectivity index (χ4v) is 2.30. The zero-order valence-corrected chi connectivity index (χ0v) is 14.1. The normalized spacial score (nSPS) is 10.2. The number of esters is 1. The lowest BCUT2D eigenvalue weighted by Crippen LogP contribution is -2.13. The van der Waals surface area contributed by atoms with Crippen LogP contribution in [0.2, 0.25) is 0 Å². The molecular weight excluding hydrogens is 334 g/mol. The van der Waals surface area contributed by atoms with Crippen molar-refractivity contribution in [3.8, 4) is 0 Å². The molecule has 0 spiro atoms. The Labute approximate surface area is 150 Å². The highest BCUT2D eigenvalue weighted by molar-refractivity contribution is 6.05. The Hall–Kier alpha value is -3.61. The van der Waals surface area contributed by atoms with Gasteiger partial charge in [-0.15, -0.1) is 0 Å². The molecule has 132 valence electrons. The zero-order chi connectivity index (χ0) is 18.4. The average molecular weight is 351 g/mol. The summed E-state index contributed by atoms with van der Waals surface area (Å²) < 4.78 is 9.92. The second kappa shape index (κ2) is 7.98. The minimum Gasteiger partial charge on any atom is -0.467 e. The molecule has 7 nitrogen and oxygen atoms in total. The van der Waals surface area contributed by atoms with Gasteiger partial charge in [-0.1, -0.05) is 6.07 Å². The second-order valence-corrected chi connectivity index (χ2v) is 5.39. The van der Waals surface area contributed by atoms with Crippen LogP contribution in [0.25, 0.3) is 0 Å².